The first-order valence-electron chi connectivity index (χ1n) is 9.22. The predicted octanol–water partition coefficient (Wildman–Crippen LogP) is 4.42. The quantitative estimate of drug-likeness (QED) is 0.519. The average Bonchev–Trinajstić information content (AvgIpc) is 3.11. The van der Waals surface area contributed by atoms with Crippen LogP contribution in [0.2, 0.25) is 0 Å². The summed E-state index contributed by atoms with van der Waals surface area (Å²) >= 11 is 0. The van der Waals surface area contributed by atoms with Crippen molar-refractivity contribution in [3.8, 4) is 22.8 Å². The van der Waals surface area contributed by atoms with Crippen molar-refractivity contribution in [3.63, 3.8) is 0 Å². The summed E-state index contributed by atoms with van der Waals surface area (Å²) in [6.45, 7) is 3.20. The molecule has 28 heavy (non-hydrogen) atoms. The average molecular weight is 374 g/mol. The van der Waals surface area contributed by atoms with Gasteiger partial charge in [0.1, 0.15) is 23.0 Å². The minimum atomic E-state index is 0.602. The van der Waals surface area contributed by atoms with Gasteiger partial charge in [-0.1, -0.05) is 30.3 Å². The van der Waals surface area contributed by atoms with Crippen molar-refractivity contribution >= 4 is 11.6 Å². The fourth-order valence-electron chi connectivity index (χ4n) is 3.19. The number of hydrogen-bond acceptors (Lipinski definition) is 5. The summed E-state index contributed by atoms with van der Waals surface area (Å²) in [5, 5.41) is 3.52. The highest BCUT2D eigenvalue weighted by atomic mass is 16.5. The molecule has 0 atom stereocenters. The van der Waals surface area contributed by atoms with Crippen LogP contribution in [0.4, 0.5) is 5.82 Å². The first kappa shape index (κ1) is 17.9. The van der Waals surface area contributed by atoms with Crippen molar-refractivity contribution in [1.29, 1.82) is 0 Å². The van der Waals surface area contributed by atoms with Gasteiger partial charge in [0.25, 0.3) is 0 Å². The van der Waals surface area contributed by atoms with Crippen LogP contribution in [0.1, 0.15) is 12.5 Å². The second kappa shape index (κ2) is 8.00. The number of ether oxygens (including phenoxy) is 2. The predicted molar refractivity (Wildman–Crippen MR) is 110 cm³/mol. The molecule has 6 heteroatoms. The molecule has 2 aromatic carbocycles. The molecule has 4 rings (SSSR count). The van der Waals surface area contributed by atoms with E-state index in [9.17, 15) is 0 Å². The van der Waals surface area contributed by atoms with Crippen LogP contribution in [-0.4, -0.2) is 28.1 Å². The third-order valence-electron chi connectivity index (χ3n) is 4.46. The SMILES string of the molecule is CCOc1cccc(-c2nc3ncccn3c2NCc2ccccc2OC)c1. The minimum Gasteiger partial charge on any atom is -0.496 e. The van der Waals surface area contributed by atoms with E-state index < -0.39 is 0 Å². The van der Waals surface area contributed by atoms with Gasteiger partial charge in [0.05, 0.1) is 13.7 Å². The van der Waals surface area contributed by atoms with E-state index in [-0.39, 0.29) is 0 Å². The van der Waals surface area contributed by atoms with E-state index in [1.165, 1.54) is 0 Å². The minimum absolute atomic E-state index is 0.602. The number of fused-ring (bicyclic) bond motifs is 1. The molecule has 4 aromatic rings. The maximum atomic E-state index is 5.65. The van der Waals surface area contributed by atoms with Gasteiger partial charge in [-0.15, -0.1) is 0 Å². The number of rotatable bonds is 7. The number of nitrogens with one attached hydrogen (secondary N) is 1. The maximum absolute atomic E-state index is 5.65. The third-order valence-corrected chi connectivity index (χ3v) is 4.46. The Bertz CT molecular complexity index is 1090. The Hall–Kier alpha value is -3.54. The molecule has 0 unspecified atom stereocenters. The van der Waals surface area contributed by atoms with Crippen LogP contribution in [0.25, 0.3) is 17.0 Å². The molecule has 0 aliphatic heterocycles. The van der Waals surface area contributed by atoms with Crippen LogP contribution in [0, 0.1) is 0 Å². The lowest BCUT2D eigenvalue weighted by Gasteiger charge is -2.12. The fraction of sp³-hybridized carbons (Fsp3) is 0.182. The summed E-state index contributed by atoms with van der Waals surface area (Å²) in [7, 11) is 1.68. The van der Waals surface area contributed by atoms with Gasteiger partial charge in [0, 0.05) is 30.1 Å². The van der Waals surface area contributed by atoms with Crippen LogP contribution < -0.4 is 14.8 Å². The fourth-order valence-corrected chi connectivity index (χ4v) is 3.19. The molecular formula is C22H22N4O2. The van der Waals surface area contributed by atoms with Crippen LogP contribution in [0.15, 0.2) is 67.0 Å². The van der Waals surface area contributed by atoms with E-state index >= 15 is 0 Å². The number of imidazole rings is 1. The lowest BCUT2D eigenvalue weighted by atomic mass is 10.1. The van der Waals surface area contributed by atoms with Gasteiger partial charge in [-0.3, -0.25) is 4.40 Å². The Morgan fingerprint density at radius 3 is 2.82 bits per heavy atom. The lowest BCUT2D eigenvalue weighted by molar-refractivity contribution is 0.340. The van der Waals surface area contributed by atoms with Crippen molar-refractivity contribution in [3.05, 3.63) is 72.6 Å². The smallest absolute Gasteiger partial charge is 0.235 e. The number of hydrogen-bond donors (Lipinski definition) is 1. The van der Waals surface area contributed by atoms with Crippen molar-refractivity contribution in [2.24, 2.45) is 0 Å². The summed E-state index contributed by atoms with van der Waals surface area (Å²) in [5.41, 5.74) is 2.87. The topological polar surface area (TPSA) is 60.7 Å². The molecule has 0 saturated heterocycles. The van der Waals surface area contributed by atoms with Crippen molar-refractivity contribution in [2.45, 2.75) is 13.5 Å². The van der Waals surface area contributed by atoms with Crippen molar-refractivity contribution in [1.82, 2.24) is 14.4 Å². The first-order valence-corrected chi connectivity index (χ1v) is 9.22. The Morgan fingerprint density at radius 1 is 1.07 bits per heavy atom. The molecule has 0 spiro atoms. The number of benzene rings is 2. The maximum Gasteiger partial charge on any atom is 0.235 e. The largest absolute Gasteiger partial charge is 0.496 e. The molecular weight excluding hydrogens is 352 g/mol. The number of aromatic nitrogens is 3. The molecule has 2 heterocycles. The van der Waals surface area contributed by atoms with Crippen LogP contribution in [-0.2, 0) is 6.54 Å². The number of methoxy groups -OCH3 is 1. The van der Waals surface area contributed by atoms with Gasteiger partial charge < -0.3 is 14.8 Å². The van der Waals surface area contributed by atoms with Gasteiger partial charge in [0.2, 0.25) is 5.78 Å². The Kier molecular flexibility index (Phi) is 5.10. The Balaban J connectivity index is 1.74. The Morgan fingerprint density at radius 2 is 1.96 bits per heavy atom. The van der Waals surface area contributed by atoms with E-state index in [0.29, 0.717) is 18.9 Å². The number of para-hydroxylation sites is 1. The summed E-state index contributed by atoms with van der Waals surface area (Å²) in [5.74, 6) is 3.19. The standard InChI is InChI=1S/C22H22N4O2/c1-3-28-18-10-6-9-16(14-18)20-21(26-13-7-12-23-22(26)25-20)24-15-17-8-4-5-11-19(17)27-2/h4-14,24H,3,15H2,1-2H3. The zero-order chi connectivity index (χ0) is 19.3. The molecule has 0 aliphatic carbocycles. The van der Waals surface area contributed by atoms with Crippen molar-refractivity contribution in [2.75, 3.05) is 19.0 Å². The second-order valence-corrected chi connectivity index (χ2v) is 6.22. The second-order valence-electron chi connectivity index (χ2n) is 6.22. The van der Waals surface area contributed by atoms with Crippen molar-refractivity contribution < 1.29 is 9.47 Å². The molecule has 0 amide bonds. The van der Waals surface area contributed by atoms with Crippen LogP contribution in [0.5, 0.6) is 11.5 Å². The lowest BCUT2D eigenvalue weighted by Crippen LogP contribution is -2.05. The first-order chi connectivity index (χ1) is 13.8. The summed E-state index contributed by atoms with van der Waals surface area (Å²) in [4.78, 5) is 9.13. The number of anilines is 1. The van der Waals surface area contributed by atoms with Gasteiger partial charge >= 0.3 is 0 Å². The zero-order valence-corrected chi connectivity index (χ0v) is 15.9. The molecule has 1 N–H and O–H groups in total. The van der Waals surface area contributed by atoms with E-state index in [2.05, 4.69) is 10.3 Å². The summed E-state index contributed by atoms with van der Waals surface area (Å²) in [6, 6.07) is 17.8. The highest BCUT2D eigenvalue weighted by Crippen LogP contribution is 2.31. The molecule has 0 saturated carbocycles. The van der Waals surface area contributed by atoms with Crippen LogP contribution in [0.3, 0.4) is 0 Å². The molecule has 0 radical (unpaired) electrons. The van der Waals surface area contributed by atoms with Gasteiger partial charge in [-0.25, -0.2) is 9.97 Å². The highest BCUT2D eigenvalue weighted by Gasteiger charge is 2.15. The zero-order valence-electron chi connectivity index (χ0n) is 15.9. The molecule has 2 aromatic heterocycles. The van der Waals surface area contributed by atoms with E-state index in [0.717, 1.165) is 34.1 Å². The molecule has 142 valence electrons. The normalized spacial score (nSPS) is 10.8. The van der Waals surface area contributed by atoms with E-state index in [1.807, 2.05) is 72.1 Å². The molecule has 0 aliphatic rings. The van der Waals surface area contributed by atoms with Crippen LogP contribution >= 0.6 is 0 Å². The van der Waals surface area contributed by atoms with E-state index in [1.54, 1.807) is 13.3 Å². The van der Waals surface area contributed by atoms with Gasteiger partial charge in [-0.05, 0) is 31.2 Å². The summed E-state index contributed by atoms with van der Waals surface area (Å²) in [6.07, 6.45) is 3.70. The molecule has 6 nitrogen and oxygen atoms in total. The Labute approximate surface area is 163 Å². The monoisotopic (exact) mass is 374 g/mol. The van der Waals surface area contributed by atoms with Gasteiger partial charge in [0.15, 0.2) is 0 Å². The molecule has 0 fully saturated rings. The van der Waals surface area contributed by atoms with E-state index in [4.69, 9.17) is 14.5 Å². The third kappa shape index (κ3) is 3.49. The summed E-state index contributed by atoms with van der Waals surface area (Å²) < 4.78 is 13.1. The van der Waals surface area contributed by atoms with Gasteiger partial charge in [-0.2, -0.15) is 0 Å². The highest BCUT2D eigenvalue weighted by molar-refractivity contribution is 5.76. The molecule has 0 bridgehead atoms. The number of nitrogens with zero attached hydrogens (tertiary/aromatic N) is 3.